The zero-order chi connectivity index (χ0) is 24.5. The van der Waals surface area contributed by atoms with Crippen molar-refractivity contribution in [2.24, 2.45) is 11.8 Å². The van der Waals surface area contributed by atoms with Gasteiger partial charge in [0.25, 0.3) is 0 Å². The molecule has 180 valence electrons. The number of imide groups is 1. The van der Waals surface area contributed by atoms with Crippen molar-refractivity contribution in [2.45, 2.75) is 31.0 Å². The SMILES string of the molecule is O=C(O)CC[C@@H]1N[C@]2(C(=O)Nc3ccc(Cl)cc32)[C@@H]2C(=O)N(Cc3ccc4c(c3)OCO4)C(=O)[C@H]12. The largest absolute Gasteiger partial charge is 0.481 e. The number of halogens is 1. The van der Waals surface area contributed by atoms with E-state index in [0.29, 0.717) is 33.3 Å². The average molecular weight is 498 g/mol. The molecule has 4 atom stereocenters. The molecule has 0 unspecified atom stereocenters. The maximum absolute atomic E-state index is 13.8. The highest BCUT2D eigenvalue weighted by Crippen LogP contribution is 2.54. The van der Waals surface area contributed by atoms with E-state index in [0.717, 1.165) is 4.90 Å². The highest BCUT2D eigenvalue weighted by Gasteiger charge is 2.70. The van der Waals surface area contributed by atoms with Crippen LogP contribution in [0.25, 0.3) is 0 Å². The molecule has 1 spiro atoms. The summed E-state index contributed by atoms with van der Waals surface area (Å²) in [5, 5.41) is 15.6. The van der Waals surface area contributed by atoms with Crippen LogP contribution in [-0.4, -0.2) is 46.5 Å². The van der Waals surface area contributed by atoms with Crippen LogP contribution in [0, 0.1) is 11.8 Å². The summed E-state index contributed by atoms with van der Waals surface area (Å²) < 4.78 is 10.7. The Hall–Kier alpha value is -3.63. The summed E-state index contributed by atoms with van der Waals surface area (Å²) in [7, 11) is 0. The Balaban J connectivity index is 1.40. The fraction of sp³-hybridized carbons (Fsp3) is 0.333. The highest BCUT2D eigenvalue weighted by atomic mass is 35.5. The van der Waals surface area contributed by atoms with Gasteiger partial charge >= 0.3 is 5.97 Å². The predicted octanol–water partition coefficient (Wildman–Crippen LogP) is 1.85. The summed E-state index contributed by atoms with van der Waals surface area (Å²) in [5.74, 6) is -3.26. The monoisotopic (exact) mass is 497 g/mol. The minimum atomic E-state index is -1.52. The standard InChI is InChI=1S/C24H20ClN3O7/c25-12-2-3-14-13(8-12)24(23(33)26-14)20-19(15(27-24)4-6-18(29)30)21(31)28(22(20)32)9-11-1-5-16-17(7-11)35-10-34-16/h1-3,5,7-8,15,19-20,27H,4,6,9-10H2,(H,26,33)(H,29,30)/t15-,19+,20-,24-/m0/s1. The smallest absolute Gasteiger partial charge is 0.303 e. The second-order valence-electron chi connectivity index (χ2n) is 9.09. The van der Waals surface area contributed by atoms with Gasteiger partial charge in [0.2, 0.25) is 24.5 Å². The Morgan fingerprint density at radius 2 is 1.91 bits per heavy atom. The molecule has 6 rings (SSSR count). The van der Waals surface area contributed by atoms with Gasteiger partial charge in [-0.25, -0.2) is 0 Å². The number of carboxylic acids is 1. The van der Waals surface area contributed by atoms with E-state index in [4.69, 9.17) is 21.1 Å². The number of nitrogens with zero attached hydrogens (tertiary/aromatic N) is 1. The van der Waals surface area contributed by atoms with Gasteiger partial charge < -0.3 is 19.9 Å². The maximum Gasteiger partial charge on any atom is 0.303 e. The number of likely N-dealkylation sites (tertiary alicyclic amines) is 1. The van der Waals surface area contributed by atoms with Crippen molar-refractivity contribution in [1.82, 2.24) is 10.2 Å². The van der Waals surface area contributed by atoms with Crippen molar-refractivity contribution in [3.05, 3.63) is 52.5 Å². The summed E-state index contributed by atoms with van der Waals surface area (Å²) in [5.41, 5.74) is 0.122. The van der Waals surface area contributed by atoms with Crippen LogP contribution in [0.5, 0.6) is 11.5 Å². The van der Waals surface area contributed by atoms with Gasteiger partial charge in [-0.2, -0.15) is 0 Å². The second-order valence-corrected chi connectivity index (χ2v) is 9.53. The number of hydrogen-bond acceptors (Lipinski definition) is 7. The summed E-state index contributed by atoms with van der Waals surface area (Å²) in [6.07, 6.45) is -0.136. The number of carbonyl (C=O) groups is 4. The van der Waals surface area contributed by atoms with Crippen LogP contribution in [0.1, 0.15) is 24.0 Å². The molecule has 2 saturated heterocycles. The minimum absolute atomic E-state index is 0.00689. The molecule has 3 amide bonds. The first-order chi connectivity index (χ1) is 16.8. The van der Waals surface area contributed by atoms with Gasteiger partial charge in [0.05, 0.1) is 18.4 Å². The Kier molecular flexibility index (Phi) is 4.81. The first kappa shape index (κ1) is 21.9. The number of hydrogen-bond donors (Lipinski definition) is 3. The molecule has 10 nitrogen and oxygen atoms in total. The lowest BCUT2D eigenvalue weighted by Gasteiger charge is -2.29. The summed E-state index contributed by atoms with van der Waals surface area (Å²) >= 11 is 6.23. The molecule has 0 aliphatic carbocycles. The van der Waals surface area contributed by atoms with E-state index in [-0.39, 0.29) is 26.2 Å². The number of amides is 3. The molecule has 4 aliphatic rings. The van der Waals surface area contributed by atoms with E-state index in [1.165, 1.54) is 0 Å². The van der Waals surface area contributed by atoms with Crippen molar-refractivity contribution in [3.63, 3.8) is 0 Å². The number of fused-ring (bicyclic) bond motifs is 5. The lowest BCUT2D eigenvalue weighted by Crippen LogP contribution is -2.53. The van der Waals surface area contributed by atoms with Gasteiger partial charge in [0, 0.05) is 28.7 Å². The van der Waals surface area contributed by atoms with E-state index in [1.54, 1.807) is 36.4 Å². The second kappa shape index (κ2) is 7.69. The Bertz CT molecular complexity index is 1310. The lowest BCUT2D eigenvalue weighted by atomic mass is 9.76. The van der Waals surface area contributed by atoms with Crippen LogP contribution in [0.3, 0.4) is 0 Å². The maximum atomic E-state index is 13.8. The van der Waals surface area contributed by atoms with Crippen molar-refractivity contribution in [1.29, 1.82) is 0 Å². The zero-order valence-corrected chi connectivity index (χ0v) is 19.0. The number of carbonyl (C=O) groups excluding carboxylic acids is 3. The Labute approximate surface area is 204 Å². The van der Waals surface area contributed by atoms with Gasteiger partial charge in [-0.15, -0.1) is 0 Å². The minimum Gasteiger partial charge on any atom is -0.481 e. The quantitative estimate of drug-likeness (QED) is 0.533. The molecule has 0 bridgehead atoms. The number of ether oxygens (including phenoxy) is 2. The molecule has 2 aromatic rings. The van der Waals surface area contributed by atoms with Crippen molar-refractivity contribution < 1.29 is 33.8 Å². The van der Waals surface area contributed by atoms with Crippen LogP contribution in [0.15, 0.2) is 36.4 Å². The molecular formula is C24H20ClN3O7. The van der Waals surface area contributed by atoms with E-state index >= 15 is 0 Å². The number of aliphatic carboxylic acids is 1. The van der Waals surface area contributed by atoms with Crippen LogP contribution < -0.4 is 20.1 Å². The summed E-state index contributed by atoms with van der Waals surface area (Å²) in [6, 6.07) is 9.37. The molecule has 4 heterocycles. The molecule has 0 radical (unpaired) electrons. The number of rotatable bonds is 5. The number of nitrogens with one attached hydrogen (secondary N) is 2. The Morgan fingerprint density at radius 1 is 1.11 bits per heavy atom. The normalized spacial score (nSPS) is 28.0. The molecule has 0 saturated carbocycles. The third-order valence-corrected chi connectivity index (χ3v) is 7.45. The molecule has 3 N–H and O–H groups in total. The Morgan fingerprint density at radius 3 is 2.71 bits per heavy atom. The molecule has 35 heavy (non-hydrogen) atoms. The fourth-order valence-corrected chi connectivity index (χ4v) is 5.91. The molecule has 2 aromatic carbocycles. The first-order valence-corrected chi connectivity index (χ1v) is 11.5. The van der Waals surface area contributed by atoms with Gasteiger partial charge in [0.15, 0.2) is 11.5 Å². The lowest BCUT2D eigenvalue weighted by molar-refractivity contribution is -0.144. The predicted molar refractivity (Wildman–Crippen MR) is 121 cm³/mol. The van der Waals surface area contributed by atoms with E-state index < -0.39 is 47.1 Å². The topological polar surface area (TPSA) is 134 Å². The van der Waals surface area contributed by atoms with E-state index in [9.17, 15) is 24.3 Å². The fourth-order valence-electron chi connectivity index (χ4n) is 5.74. The van der Waals surface area contributed by atoms with E-state index in [1.807, 2.05) is 0 Å². The van der Waals surface area contributed by atoms with Crippen molar-refractivity contribution in [2.75, 3.05) is 12.1 Å². The number of carboxylic acid groups (broad SMARTS) is 1. The first-order valence-electron chi connectivity index (χ1n) is 11.1. The van der Waals surface area contributed by atoms with Crippen LogP contribution in [-0.2, 0) is 31.3 Å². The summed E-state index contributed by atoms with van der Waals surface area (Å²) in [4.78, 5) is 53.3. The molecule has 11 heteroatoms. The van der Waals surface area contributed by atoms with Crippen LogP contribution >= 0.6 is 11.6 Å². The molecule has 4 aliphatic heterocycles. The van der Waals surface area contributed by atoms with Gasteiger partial charge in [0.1, 0.15) is 5.54 Å². The highest BCUT2D eigenvalue weighted by molar-refractivity contribution is 6.31. The van der Waals surface area contributed by atoms with Crippen molar-refractivity contribution >= 4 is 41.0 Å². The average Bonchev–Trinajstić information content (AvgIpc) is 3.55. The number of anilines is 1. The van der Waals surface area contributed by atoms with Gasteiger partial charge in [-0.3, -0.25) is 29.4 Å². The molecule has 0 aromatic heterocycles. The van der Waals surface area contributed by atoms with Crippen LogP contribution in [0.4, 0.5) is 5.69 Å². The summed E-state index contributed by atoms with van der Waals surface area (Å²) in [6.45, 7) is 0.0914. The third kappa shape index (κ3) is 3.13. The van der Waals surface area contributed by atoms with Crippen molar-refractivity contribution in [3.8, 4) is 11.5 Å². The van der Waals surface area contributed by atoms with Crippen LogP contribution in [0.2, 0.25) is 5.02 Å². The third-order valence-electron chi connectivity index (χ3n) is 7.22. The number of benzene rings is 2. The van der Waals surface area contributed by atoms with Gasteiger partial charge in [-0.05, 0) is 42.3 Å². The van der Waals surface area contributed by atoms with E-state index in [2.05, 4.69) is 10.6 Å². The molecular weight excluding hydrogens is 478 g/mol. The zero-order valence-electron chi connectivity index (χ0n) is 18.2. The molecule has 2 fully saturated rings. The van der Waals surface area contributed by atoms with Gasteiger partial charge in [-0.1, -0.05) is 17.7 Å².